The minimum Gasteiger partial charge on any atom is -0.343 e. The maximum Gasteiger partial charge on any atom is 0.325 e. The average molecular weight is 483 g/mol. The molecular formula is C19H23ClN6O5S. The van der Waals surface area contributed by atoms with Crippen molar-refractivity contribution in [2.24, 2.45) is 0 Å². The number of carbonyl (C=O) groups excluding carboxylic acids is 5. The van der Waals surface area contributed by atoms with Crippen molar-refractivity contribution in [2.45, 2.75) is 31.2 Å². The number of piperazine rings is 1. The summed E-state index contributed by atoms with van der Waals surface area (Å²) in [5.41, 5.74) is -0.615. The van der Waals surface area contributed by atoms with Gasteiger partial charge < -0.3 is 20.4 Å². The number of carbonyl (C=O) groups is 5. The van der Waals surface area contributed by atoms with Crippen LogP contribution in [0.25, 0.3) is 0 Å². The molecule has 6 amide bonds. The molecule has 11 nitrogen and oxygen atoms in total. The van der Waals surface area contributed by atoms with Crippen LogP contribution in [-0.4, -0.2) is 93.5 Å². The van der Waals surface area contributed by atoms with Crippen molar-refractivity contribution in [3.63, 3.8) is 0 Å². The number of aromatic nitrogens is 1. The molecular weight excluding hydrogens is 460 g/mol. The second-order valence-electron chi connectivity index (χ2n) is 8.07. The molecule has 0 radical (unpaired) electrons. The van der Waals surface area contributed by atoms with Gasteiger partial charge >= 0.3 is 6.03 Å². The van der Waals surface area contributed by atoms with Crippen LogP contribution in [-0.2, 0) is 14.4 Å². The Labute approximate surface area is 193 Å². The van der Waals surface area contributed by atoms with E-state index in [0.29, 0.717) is 25.9 Å². The molecule has 2 aliphatic heterocycles. The molecule has 1 aromatic heterocycles. The third-order valence-electron chi connectivity index (χ3n) is 6.15. The SMILES string of the molecule is O=C(NCC(=O)N1CCN(C(=O)CN2C(=O)NC3(CCCC3)C2=O)CC1)c1csnc1Cl. The first kappa shape index (κ1) is 22.5. The molecule has 4 rings (SSSR count). The molecule has 0 bridgehead atoms. The molecule has 32 heavy (non-hydrogen) atoms. The first-order valence-corrected chi connectivity index (χ1v) is 11.6. The molecule has 0 atom stereocenters. The van der Waals surface area contributed by atoms with Gasteiger partial charge in [0.15, 0.2) is 5.15 Å². The van der Waals surface area contributed by atoms with E-state index < -0.39 is 17.5 Å². The van der Waals surface area contributed by atoms with E-state index in [0.717, 1.165) is 29.3 Å². The van der Waals surface area contributed by atoms with Gasteiger partial charge in [-0.05, 0) is 24.4 Å². The van der Waals surface area contributed by atoms with Crippen molar-refractivity contribution < 1.29 is 24.0 Å². The van der Waals surface area contributed by atoms with E-state index >= 15 is 0 Å². The minimum atomic E-state index is -0.837. The lowest BCUT2D eigenvalue weighted by Gasteiger charge is -2.35. The summed E-state index contributed by atoms with van der Waals surface area (Å²) in [5.74, 6) is -1.40. The van der Waals surface area contributed by atoms with Gasteiger partial charge in [0.25, 0.3) is 11.8 Å². The molecule has 1 spiro atoms. The largest absolute Gasteiger partial charge is 0.343 e. The quantitative estimate of drug-likeness (QED) is 0.570. The zero-order valence-electron chi connectivity index (χ0n) is 17.3. The molecule has 0 aromatic carbocycles. The van der Waals surface area contributed by atoms with E-state index in [1.165, 1.54) is 5.38 Å². The molecule has 13 heteroatoms. The standard InChI is InChI=1S/C19H23ClN6O5S/c20-15-12(11-32-23-15)16(29)21-9-13(27)24-5-7-25(8-6-24)14(28)10-26-17(30)19(22-18(26)31)3-1-2-4-19/h11H,1-10H2,(H,21,29)(H,22,31). The lowest BCUT2D eigenvalue weighted by Crippen LogP contribution is -2.54. The second kappa shape index (κ2) is 9.02. The van der Waals surface area contributed by atoms with E-state index in [-0.39, 0.29) is 54.6 Å². The number of rotatable bonds is 5. The zero-order chi connectivity index (χ0) is 22.9. The molecule has 2 N–H and O–H groups in total. The highest BCUT2D eigenvalue weighted by Crippen LogP contribution is 2.35. The van der Waals surface area contributed by atoms with E-state index in [1.54, 1.807) is 9.80 Å². The number of urea groups is 1. The Hall–Kier alpha value is -2.73. The molecule has 3 fully saturated rings. The molecule has 1 saturated carbocycles. The van der Waals surface area contributed by atoms with Crippen LogP contribution in [0.3, 0.4) is 0 Å². The van der Waals surface area contributed by atoms with Crippen molar-refractivity contribution >= 4 is 52.8 Å². The Morgan fingerprint density at radius 3 is 2.31 bits per heavy atom. The predicted molar refractivity (Wildman–Crippen MR) is 114 cm³/mol. The van der Waals surface area contributed by atoms with Gasteiger partial charge in [0.05, 0.1) is 12.1 Å². The van der Waals surface area contributed by atoms with Crippen molar-refractivity contribution in [3.8, 4) is 0 Å². The van der Waals surface area contributed by atoms with Gasteiger partial charge in [-0.3, -0.25) is 24.1 Å². The highest BCUT2D eigenvalue weighted by Gasteiger charge is 2.52. The van der Waals surface area contributed by atoms with Gasteiger partial charge in [-0.25, -0.2) is 4.79 Å². The normalized spacial score (nSPS) is 20.1. The number of nitrogens with zero attached hydrogens (tertiary/aromatic N) is 4. The highest BCUT2D eigenvalue weighted by molar-refractivity contribution is 7.04. The summed E-state index contributed by atoms with van der Waals surface area (Å²) < 4.78 is 3.81. The Bertz CT molecular complexity index is 954. The molecule has 3 heterocycles. The van der Waals surface area contributed by atoms with Crippen molar-refractivity contribution in [2.75, 3.05) is 39.3 Å². The van der Waals surface area contributed by atoms with Crippen LogP contribution in [0.1, 0.15) is 36.0 Å². The predicted octanol–water partition coefficient (Wildman–Crippen LogP) is 0.0617. The van der Waals surface area contributed by atoms with Crippen LogP contribution in [0, 0.1) is 0 Å². The van der Waals surface area contributed by atoms with Crippen LogP contribution in [0.5, 0.6) is 0 Å². The summed E-state index contributed by atoms with van der Waals surface area (Å²) >= 11 is 6.87. The van der Waals surface area contributed by atoms with Crippen LogP contribution >= 0.6 is 23.1 Å². The van der Waals surface area contributed by atoms with Crippen LogP contribution in [0.15, 0.2) is 5.38 Å². The Morgan fingerprint density at radius 1 is 1.09 bits per heavy atom. The van der Waals surface area contributed by atoms with E-state index in [9.17, 15) is 24.0 Å². The third kappa shape index (κ3) is 4.29. The summed E-state index contributed by atoms with van der Waals surface area (Å²) in [6, 6.07) is -0.518. The fourth-order valence-electron chi connectivity index (χ4n) is 4.31. The summed E-state index contributed by atoms with van der Waals surface area (Å²) in [6.07, 6.45) is 2.96. The molecule has 172 valence electrons. The smallest absolute Gasteiger partial charge is 0.325 e. The lowest BCUT2D eigenvalue weighted by molar-refractivity contribution is -0.142. The number of halogens is 1. The molecule has 2 saturated heterocycles. The monoisotopic (exact) mass is 482 g/mol. The third-order valence-corrected chi connectivity index (χ3v) is 7.17. The van der Waals surface area contributed by atoms with Crippen molar-refractivity contribution in [1.29, 1.82) is 0 Å². The van der Waals surface area contributed by atoms with Gasteiger partial charge in [-0.15, -0.1) is 0 Å². The summed E-state index contributed by atoms with van der Waals surface area (Å²) in [6.45, 7) is 0.674. The van der Waals surface area contributed by atoms with E-state index in [2.05, 4.69) is 15.0 Å². The lowest BCUT2D eigenvalue weighted by atomic mass is 9.98. The maximum atomic E-state index is 12.7. The fourth-order valence-corrected chi connectivity index (χ4v) is 5.20. The Balaban J connectivity index is 1.23. The second-order valence-corrected chi connectivity index (χ2v) is 9.06. The van der Waals surface area contributed by atoms with Crippen LogP contribution < -0.4 is 10.6 Å². The number of hydrogen-bond acceptors (Lipinski definition) is 7. The van der Waals surface area contributed by atoms with Crippen molar-refractivity contribution in [1.82, 2.24) is 29.7 Å². The maximum absolute atomic E-state index is 12.7. The first-order chi connectivity index (χ1) is 15.3. The Morgan fingerprint density at radius 2 is 1.72 bits per heavy atom. The van der Waals surface area contributed by atoms with Gasteiger partial charge in [0.2, 0.25) is 11.8 Å². The van der Waals surface area contributed by atoms with Gasteiger partial charge in [-0.2, -0.15) is 4.37 Å². The molecule has 3 aliphatic rings. The molecule has 1 aliphatic carbocycles. The van der Waals surface area contributed by atoms with Crippen molar-refractivity contribution in [3.05, 3.63) is 16.1 Å². The number of amides is 6. The highest BCUT2D eigenvalue weighted by atomic mass is 35.5. The zero-order valence-corrected chi connectivity index (χ0v) is 18.8. The summed E-state index contributed by atoms with van der Waals surface area (Å²) in [5, 5.41) is 6.89. The molecule has 0 unspecified atom stereocenters. The Kier molecular flexibility index (Phi) is 6.33. The van der Waals surface area contributed by atoms with Gasteiger partial charge in [0.1, 0.15) is 12.1 Å². The van der Waals surface area contributed by atoms with Gasteiger partial charge in [-0.1, -0.05) is 24.4 Å². The summed E-state index contributed by atoms with van der Waals surface area (Å²) in [4.78, 5) is 66.2. The topological polar surface area (TPSA) is 132 Å². The van der Waals surface area contributed by atoms with Gasteiger partial charge in [0, 0.05) is 31.6 Å². The number of imide groups is 1. The van der Waals surface area contributed by atoms with Crippen LogP contribution in [0.4, 0.5) is 4.79 Å². The number of hydrogen-bond donors (Lipinski definition) is 2. The van der Waals surface area contributed by atoms with E-state index in [4.69, 9.17) is 11.6 Å². The first-order valence-electron chi connectivity index (χ1n) is 10.4. The number of nitrogens with one attached hydrogen (secondary N) is 2. The minimum absolute atomic E-state index is 0.0936. The molecule has 1 aromatic rings. The average Bonchev–Trinajstić information content (AvgIpc) is 3.49. The van der Waals surface area contributed by atoms with E-state index in [1.807, 2.05) is 0 Å². The summed E-state index contributed by atoms with van der Waals surface area (Å²) in [7, 11) is 0. The van der Waals surface area contributed by atoms with Crippen LogP contribution in [0.2, 0.25) is 5.15 Å². The fraction of sp³-hybridized carbons (Fsp3) is 0.579.